The van der Waals surface area contributed by atoms with Gasteiger partial charge in [0.1, 0.15) is 0 Å². The molecule has 0 saturated heterocycles. The third kappa shape index (κ3) is 0.942. The van der Waals surface area contributed by atoms with Gasteiger partial charge in [0.15, 0.2) is 0 Å². The van der Waals surface area contributed by atoms with Crippen molar-refractivity contribution in [3.8, 4) is 11.4 Å². The average Bonchev–Trinajstić information content (AvgIpc) is 2.61. The quantitative estimate of drug-likeness (QED) is 0.678. The average molecular weight is 161 g/mol. The van der Waals surface area contributed by atoms with Crippen LogP contribution in [-0.4, -0.2) is 14.8 Å². The van der Waals surface area contributed by atoms with Crippen LogP contribution in [0, 0.1) is 6.92 Å². The first kappa shape index (κ1) is 7.16. The molecule has 2 heterocycles. The minimum absolute atomic E-state index is 1.07. The van der Waals surface area contributed by atoms with E-state index in [9.17, 15) is 0 Å². The Bertz CT molecular complexity index is 351. The molecular weight excluding hydrogens is 150 g/mol. The molecule has 0 amide bonds. The van der Waals surface area contributed by atoms with Crippen LogP contribution in [0.4, 0.5) is 0 Å². The Morgan fingerprint density at radius 3 is 2.75 bits per heavy atom. The lowest BCUT2D eigenvalue weighted by molar-refractivity contribution is 0.924. The largest absolute Gasteiger partial charge is 0.349 e. The van der Waals surface area contributed by atoms with E-state index >= 15 is 0 Å². The summed E-state index contributed by atoms with van der Waals surface area (Å²) in [7, 11) is 2.03. The lowest BCUT2D eigenvalue weighted by Crippen LogP contribution is -1.91. The van der Waals surface area contributed by atoms with Crippen LogP contribution in [-0.2, 0) is 7.05 Å². The Hall–Kier alpha value is -1.51. The molecule has 2 aromatic rings. The third-order valence-corrected chi connectivity index (χ3v) is 2.03. The van der Waals surface area contributed by atoms with Crippen LogP contribution in [0.5, 0.6) is 0 Å². The first-order valence-corrected chi connectivity index (χ1v) is 3.90. The summed E-state index contributed by atoms with van der Waals surface area (Å²) in [6.45, 7) is 2.09. The van der Waals surface area contributed by atoms with E-state index in [0.717, 1.165) is 5.69 Å². The van der Waals surface area contributed by atoms with E-state index in [0.29, 0.717) is 0 Å². The lowest BCUT2D eigenvalue weighted by Gasteiger charge is -2.00. The summed E-state index contributed by atoms with van der Waals surface area (Å²) >= 11 is 0. The fraction of sp³-hybridized carbons (Fsp3) is 0.222. The van der Waals surface area contributed by atoms with Crippen molar-refractivity contribution < 1.29 is 0 Å². The molecule has 0 spiro atoms. The minimum Gasteiger partial charge on any atom is -0.349 e. The monoisotopic (exact) mass is 161 g/mol. The molecule has 0 bridgehead atoms. The minimum atomic E-state index is 1.07. The topological polar surface area (TPSA) is 33.6 Å². The van der Waals surface area contributed by atoms with Gasteiger partial charge in [0.2, 0.25) is 0 Å². The third-order valence-electron chi connectivity index (χ3n) is 2.03. The molecule has 3 nitrogen and oxygen atoms in total. The summed E-state index contributed by atoms with van der Waals surface area (Å²) in [6.07, 6.45) is 3.81. The number of nitrogens with zero attached hydrogens (tertiary/aromatic N) is 2. The number of aromatic nitrogens is 3. The van der Waals surface area contributed by atoms with E-state index in [4.69, 9.17) is 0 Å². The van der Waals surface area contributed by atoms with Gasteiger partial charge in [-0.15, -0.1) is 0 Å². The summed E-state index contributed by atoms with van der Waals surface area (Å²) in [5.41, 5.74) is 3.54. The molecule has 0 aliphatic heterocycles. The molecule has 3 heteroatoms. The van der Waals surface area contributed by atoms with Gasteiger partial charge in [-0.25, -0.2) is 0 Å². The lowest BCUT2D eigenvalue weighted by atomic mass is 10.2. The number of rotatable bonds is 1. The first-order valence-electron chi connectivity index (χ1n) is 3.90. The summed E-state index contributed by atoms with van der Waals surface area (Å²) in [6, 6.07) is 4.07. The van der Waals surface area contributed by atoms with Gasteiger partial charge in [-0.1, -0.05) is 0 Å². The van der Waals surface area contributed by atoms with Crippen LogP contribution in [0.25, 0.3) is 11.4 Å². The van der Waals surface area contributed by atoms with Crippen molar-refractivity contribution in [1.29, 1.82) is 0 Å². The smallest absolute Gasteiger partial charge is 0.0817 e. The van der Waals surface area contributed by atoms with E-state index in [2.05, 4.69) is 27.8 Å². The van der Waals surface area contributed by atoms with Crippen LogP contribution in [0.2, 0.25) is 0 Å². The van der Waals surface area contributed by atoms with E-state index in [-0.39, 0.29) is 0 Å². The predicted octanol–water partition coefficient (Wildman–Crippen LogP) is 1.72. The zero-order valence-electron chi connectivity index (χ0n) is 7.20. The Kier molecular flexibility index (Phi) is 1.50. The van der Waals surface area contributed by atoms with Crippen molar-refractivity contribution >= 4 is 0 Å². The highest BCUT2D eigenvalue weighted by atomic mass is 15.1. The zero-order chi connectivity index (χ0) is 8.55. The molecule has 62 valence electrons. The molecule has 0 aliphatic carbocycles. The maximum Gasteiger partial charge on any atom is 0.0817 e. The number of aromatic amines is 1. The molecule has 0 aliphatic rings. The van der Waals surface area contributed by atoms with Crippen molar-refractivity contribution in [3.63, 3.8) is 0 Å². The summed E-state index contributed by atoms with van der Waals surface area (Å²) in [5, 5.41) is 6.87. The summed E-state index contributed by atoms with van der Waals surface area (Å²) in [5.74, 6) is 0. The van der Waals surface area contributed by atoms with Crippen LogP contribution >= 0.6 is 0 Å². The highest BCUT2D eigenvalue weighted by Crippen LogP contribution is 2.20. The Balaban J connectivity index is 2.60. The molecule has 0 radical (unpaired) electrons. The first-order chi connectivity index (χ1) is 5.79. The van der Waals surface area contributed by atoms with Gasteiger partial charge >= 0.3 is 0 Å². The molecule has 0 atom stereocenters. The van der Waals surface area contributed by atoms with Gasteiger partial charge < -0.3 is 4.57 Å². The maximum atomic E-state index is 3.92. The van der Waals surface area contributed by atoms with Crippen molar-refractivity contribution in [2.75, 3.05) is 0 Å². The summed E-state index contributed by atoms with van der Waals surface area (Å²) < 4.78 is 2.09. The number of hydrogen-bond donors (Lipinski definition) is 1. The van der Waals surface area contributed by atoms with Gasteiger partial charge in [0.25, 0.3) is 0 Å². The van der Waals surface area contributed by atoms with Crippen LogP contribution in [0.15, 0.2) is 24.5 Å². The molecule has 0 unspecified atom stereocenters. The molecule has 0 fully saturated rings. The van der Waals surface area contributed by atoms with Crippen LogP contribution in [0.1, 0.15) is 5.56 Å². The molecular formula is C9H11N3. The van der Waals surface area contributed by atoms with Crippen molar-refractivity contribution in [1.82, 2.24) is 14.8 Å². The van der Waals surface area contributed by atoms with Crippen LogP contribution in [0.3, 0.4) is 0 Å². The highest BCUT2D eigenvalue weighted by Gasteiger charge is 2.05. The molecule has 0 saturated carbocycles. The molecule has 0 aromatic carbocycles. The van der Waals surface area contributed by atoms with Gasteiger partial charge in [-0.2, -0.15) is 5.10 Å². The van der Waals surface area contributed by atoms with Crippen molar-refractivity contribution in [2.24, 2.45) is 7.05 Å². The molecule has 1 N–H and O–H groups in total. The van der Waals surface area contributed by atoms with E-state index < -0.39 is 0 Å². The van der Waals surface area contributed by atoms with Gasteiger partial charge in [0.05, 0.1) is 11.4 Å². The Labute approximate surface area is 71.0 Å². The SMILES string of the molecule is Cc1ccn(C)c1-c1ccn[nH]1. The van der Waals surface area contributed by atoms with E-state index in [1.165, 1.54) is 11.3 Å². The highest BCUT2D eigenvalue weighted by molar-refractivity contribution is 5.59. The fourth-order valence-electron chi connectivity index (χ4n) is 1.45. The van der Waals surface area contributed by atoms with E-state index in [1.54, 1.807) is 6.20 Å². The van der Waals surface area contributed by atoms with Crippen molar-refractivity contribution in [2.45, 2.75) is 6.92 Å². The number of aryl methyl sites for hydroxylation is 2. The second-order valence-electron chi connectivity index (χ2n) is 2.93. The van der Waals surface area contributed by atoms with E-state index in [1.807, 2.05) is 19.3 Å². The van der Waals surface area contributed by atoms with Gasteiger partial charge in [-0.05, 0) is 24.6 Å². The number of hydrogen-bond acceptors (Lipinski definition) is 1. The standard InChI is InChI=1S/C9H11N3/c1-7-4-6-12(2)9(7)8-3-5-10-11-8/h3-6H,1-2H3,(H,10,11). The number of nitrogens with one attached hydrogen (secondary N) is 1. The predicted molar refractivity (Wildman–Crippen MR) is 47.7 cm³/mol. The fourth-order valence-corrected chi connectivity index (χ4v) is 1.45. The summed E-state index contributed by atoms with van der Waals surface area (Å²) in [4.78, 5) is 0. The molecule has 12 heavy (non-hydrogen) atoms. The van der Waals surface area contributed by atoms with Gasteiger partial charge in [-0.3, -0.25) is 5.10 Å². The number of H-pyrrole nitrogens is 1. The zero-order valence-corrected chi connectivity index (χ0v) is 7.20. The van der Waals surface area contributed by atoms with Gasteiger partial charge in [0, 0.05) is 19.4 Å². The second kappa shape index (κ2) is 2.52. The van der Waals surface area contributed by atoms with Crippen molar-refractivity contribution in [3.05, 3.63) is 30.1 Å². The van der Waals surface area contributed by atoms with Crippen LogP contribution < -0.4 is 0 Å². The Morgan fingerprint density at radius 1 is 1.42 bits per heavy atom. The normalized spacial score (nSPS) is 10.5. The molecule has 2 rings (SSSR count). The second-order valence-corrected chi connectivity index (χ2v) is 2.93. The maximum absolute atomic E-state index is 3.92. The Morgan fingerprint density at radius 2 is 2.25 bits per heavy atom. The molecule has 2 aromatic heterocycles.